The summed E-state index contributed by atoms with van der Waals surface area (Å²) in [5.74, 6) is 0. The van der Waals surface area contributed by atoms with Gasteiger partial charge in [0.25, 0.3) is 0 Å². The molecule has 0 radical (unpaired) electrons. The zero-order valence-corrected chi connectivity index (χ0v) is 19.0. The van der Waals surface area contributed by atoms with Crippen LogP contribution in [0.15, 0.2) is 60.7 Å². The first kappa shape index (κ1) is 22.5. The van der Waals surface area contributed by atoms with E-state index in [2.05, 4.69) is 69.8 Å². The molecule has 1 fully saturated rings. The molecule has 30 heavy (non-hydrogen) atoms. The van der Waals surface area contributed by atoms with Gasteiger partial charge in [0.1, 0.15) is 0 Å². The molecule has 1 saturated carbocycles. The van der Waals surface area contributed by atoms with Gasteiger partial charge >= 0.3 is 0 Å². The van der Waals surface area contributed by atoms with Crippen molar-refractivity contribution in [2.75, 3.05) is 13.1 Å². The Labute approximate surface area is 191 Å². The van der Waals surface area contributed by atoms with Crippen molar-refractivity contribution in [3.05, 3.63) is 71.8 Å². The fourth-order valence-electron chi connectivity index (χ4n) is 3.79. The lowest BCUT2D eigenvalue weighted by atomic mass is 9.91. The first-order chi connectivity index (χ1) is 14.7. The fourth-order valence-corrected chi connectivity index (χ4v) is 4.32. The van der Waals surface area contributed by atoms with Gasteiger partial charge in [-0.05, 0) is 74.1 Å². The minimum Gasteiger partial charge on any atom is -0.362 e. The summed E-state index contributed by atoms with van der Waals surface area (Å²) < 4.78 is 0. The van der Waals surface area contributed by atoms with Crippen LogP contribution in [-0.4, -0.2) is 35.4 Å². The Kier molecular flexibility index (Phi) is 9.38. The molecule has 0 aliphatic heterocycles. The fraction of sp³-hybridized carbons (Fsp3) is 0.417. The van der Waals surface area contributed by atoms with Crippen molar-refractivity contribution in [3.8, 4) is 0 Å². The van der Waals surface area contributed by atoms with Crippen molar-refractivity contribution in [2.45, 2.75) is 50.6 Å². The highest BCUT2D eigenvalue weighted by Gasteiger charge is 2.22. The predicted octanol–water partition coefficient (Wildman–Crippen LogP) is 3.71. The first-order valence-electron chi connectivity index (χ1n) is 10.9. The van der Waals surface area contributed by atoms with Crippen LogP contribution in [0, 0.1) is 0 Å². The Bertz CT molecular complexity index is 707. The van der Waals surface area contributed by atoms with Gasteiger partial charge in [-0.25, -0.2) is 0 Å². The molecule has 0 saturated heterocycles. The summed E-state index contributed by atoms with van der Waals surface area (Å²) in [6.45, 7) is 1.71. The third kappa shape index (κ3) is 8.28. The Hall–Kier alpha value is -2.18. The molecule has 0 heterocycles. The van der Waals surface area contributed by atoms with E-state index in [1.165, 1.54) is 11.1 Å². The van der Waals surface area contributed by atoms with Crippen LogP contribution in [0.2, 0.25) is 0 Å². The highest BCUT2D eigenvalue weighted by Crippen LogP contribution is 2.18. The highest BCUT2D eigenvalue weighted by molar-refractivity contribution is 7.80. The molecule has 0 bridgehead atoms. The molecule has 4 nitrogen and oxygen atoms in total. The van der Waals surface area contributed by atoms with Crippen molar-refractivity contribution in [1.29, 1.82) is 0 Å². The summed E-state index contributed by atoms with van der Waals surface area (Å²) in [6, 6.07) is 21.8. The average molecular weight is 441 g/mol. The second-order valence-electron chi connectivity index (χ2n) is 7.82. The number of hydrogen-bond acceptors (Lipinski definition) is 2. The molecule has 1 aliphatic carbocycles. The summed E-state index contributed by atoms with van der Waals surface area (Å²) in [6.07, 6.45) is 6.37. The first-order valence-corrected chi connectivity index (χ1v) is 11.7. The zero-order valence-electron chi connectivity index (χ0n) is 17.4. The van der Waals surface area contributed by atoms with Crippen LogP contribution in [0.3, 0.4) is 0 Å². The van der Waals surface area contributed by atoms with Crippen molar-refractivity contribution < 1.29 is 0 Å². The Morgan fingerprint density at radius 2 is 1.00 bits per heavy atom. The molecule has 6 heteroatoms. The molecule has 2 aromatic rings. The van der Waals surface area contributed by atoms with E-state index in [4.69, 9.17) is 24.4 Å². The number of benzene rings is 2. The third-order valence-corrected chi connectivity index (χ3v) is 6.01. The van der Waals surface area contributed by atoms with Crippen LogP contribution in [0.5, 0.6) is 0 Å². The van der Waals surface area contributed by atoms with Crippen molar-refractivity contribution in [1.82, 2.24) is 21.3 Å². The average Bonchev–Trinajstić information content (AvgIpc) is 2.77. The molecule has 2 aromatic carbocycles. The maximum Gasteiger partial charge on any atom is 0.166 e. The molecule has 0 unspecified atom stereocenters. The molecule has 160 valence electrons. The van der Waals surface area contributed by atoms with Gasteiger partial charge in [0.2, 0.25) is 0 Å². The van der Waals surface area contributed by atoms with Crippen molar-refractivity contribution in [2.24, 2.45) is 0 Å². The molecule has 0 aromatic heterocycles. The predicted molar refractivity (Wildman–Crippen MR) is 134 cm³/mol. The molecule has 4 N–H and O–H groups in total. The van der Waals surface area contributed by atoms with Gasteiger partial charge in [-0.15, -0.1) is 0 Å². The maximum absolute atomic E-state index is 5.47. The molecule has 0 atom stereocenters. The van der Waals surface area contributed by atoms with Gasteiger partial charge in [-0.2, -0.15) is 0 Å². The normalized spacial score (nSPS) is 18.3. The van der Waals surface area contributed by atoms with Crippen LogP contribution >= 0.6 is 24.4 Å². The highest BCUT2D eigenvalue weighted by atomic mass is 32.1. The Morgan fingerprint density at radius 1 is 0.633 bits per heavy atom. The molecular formula is C24H32N4S2. The third-order valence-electron chi connectivity index (χ3n) is 5.48. The van der Waals surface area contributed by atoms with Crippen LogP contribution < -0.4 is 21.3 Å². The molecule has 0 amide bonds. The van der Waals surface area contributed by atoms with Gasteiger partial charge in [-0.1, -0.05) is 60.7 Å². The summed E-state index contributed by atoms with van der Waals surface area (Å²) >= 11 is 10.9. The van der Waals surface area contributed by atoms with Crippen LogP contribution in [0.25, 0.3) is 0 Å². The smallest absolute Gasteiger partial charge is 0.166 e. The number of thiocarbonyl (C=S) groups is 2. The van der Waals surface area contributed by atoms with E-state index >= 15 is 0 Å². The lowest BCUT2D eigenvalue weighted by Gasteiger charge is -2.31. The quantitative estimate of drug-likeness (QED) is 0.470. The van der Waals surface area contributed by atoms with E-state index in [9.17, 15) is 0 Å². The molecule has 1 aliphatic rings. The summed E-state index contributed by atoms with van der Waals surface area (Å²) in [4.78, 5) is 0. The van der Waals surface area contributed by atoms with E-state index in [0.29, 0.717) is 12.1 Å². The van der Waals surface area contributed by atoms with Crippen LogP contribution in [0.1, 0.15) is 36.8 Å². The van der Waals surface area contributed by atoms with E-state index in [1.54, 1.807) is 0 Å². The van der Waals surface area contributed by atoms with Crippen molar-refractivity contribution >= 4 is 34.7 Å². The van der Waals surface area contributed by atoms with Crippen LogP contribution in [0.4, 0.5) is 0 Å². The van der Waals surface area contributed by atoms with Gasteiger partial charge < -0.3 is 21.3 Å². The van der Waals surface area contributed by atoms with E-state index < -0.39 is 0 Å². The monoisotopic (exact) mass is 440 g/mol. The minimum absolute atomic E-state index is 0.444. The van der Waals surface area contributed by atoms with E-state index in [0.717, 1.165) is 61.8 Å². The number of hydrogen-bond donors (Lipinski definition) is 4. The number of rotatable bonds is 8. The van der Waals surface area contributed by atoms with Gasteiger partial charge in [0.15, 0.2) is 10.2 Å². The summed E-state index contributed by atoms with van der Waals surface area (Å²) in [5.41, 5.74) is 2.65. The molecule has 0 spiro atoms. The van der Waals surface area contributed by atoms with Gasteiger partial charge in [0.05, 0.1) is 0 Å². The second-order valence-corrected chi connectivity index (χ2v) is 8.64. The lowest BCUT2D eigenvalue weighted by Crippen LogP contribution is -2.48. The van der Waals surface area contributed by atoms with E-state index in [-0.39, 0.29) is 0 Å². The Balaban J connectivity index is 1.25. The van der Waals surface area contributed by atoms with Crippen molar-refractivity contribution in [3.63, 3.8) is 0 Å². The SMILES string of the molecule is S=C(NCCc1ccccc1)NC1CCC(NC(=S)NCCc2ccccc2)CC1. The standard InChI is InChI=1S/C24H32N4S2/c29-23(25-17-15-19-7-3-1-4-8-19)27-21-11-13-22(14-12-21)28-24(30)26-18-16-20-9-5-2-6-10-20/h1-10,21-22H,11-18H2,(H2,25,27,29)(H2,26,28,30). The van der Waals surface area contributed by atoms with E-state index in [1.807, 2.05) is 12.1 Å². The van der Waals surface area contributed by atoms with Gasteiger partial charge in [0, 0.05) is 25.2 Å². The maximum atomic E-state index is 5.47. The topological polar surface area (TPSA) is 48.1 Å². The lowest BCUT2D eigenvalue weighted by molar-refractivity contribution is 0.353. The summed E-state index contributed by atoms with van der Waals surface area (Å²) in [7, 11) is 0. The van der Waals surface area contributed by atoms with Crippen LogP contribution in [-0.2, 0) is 12.8 Å². The van der Waals surface area contributed by atoms with Gasteiger partial charge in [-0.3, -0.25) is 0 Å². The zero-order chi connectivity index (χ0) is 21.0. The Morgan fingerprint density at radius 3 is 1.37 bits per heavy atom. The minimum atomic E-state index is 0.444. The summed E-state index contributed by atoms with van der Waals surface area (Å²) in [5, 5.41) is 15.1. The molecular weight excluding hydrogens is 408 g/mol. The largest absolute Gasteiger partial charge is 0.362 e. The second kappa shape index (κ2) is 12.5. The number of nitrogens with one attached hydrogen (secondary N) is 4. The molecule has 3 rings (SSSR count).